The molecule has 3 atom stereocenters. The molecule has 2 fully saturated rings. The van der Waals surface area contributed by atoms with Gasteiger partial charge in [0.2, 0.25) is 5.91 Å². The minimum Gasteiger partial charge on any atom is -0.477 e. The molecular weight excluding hydrogens is 561 g/mol. The normalized spacial score (nSPS) is 20.0. The lowest BCUT2D eigenvalue weighted by Crippen LogP contribution is -2.35. The van der Waals surface area contributed by atoms with Crippen molar-refractivity contribution >= 4 is 69.1 Å². The van der Waals surface area contributed by atoms with Crippen LogP contribution in [0.3, 0.4) is 0 Å². The number of benzene rings is 1. The molecule has 3 aromatic rings. The summed E-state index contributed by atoms with van der Waals surface area (Å²) in [5.74, 6) is -1.32. The van der Waals surface area contributed by atoms with Crippen molar-refractivity contribution in [3.05, 3.63) is 66.9 Å². The number of amides is 2. The molecule has 1 saturated heterocycles. The molecule has 2 aliphatic rings. The topological polar surface area (TPSA) is 127 Å². The number of nitrogens with zero attached hydrogens (tertiary/aromatic N) is 2. The maximum atomic E-state index is 12.6. The second kappa shape index (κ2) is 10.2. The summed E-state index contributed by atoms with van der Waals surface area (Å²) >= 11 is 19.3. The Morgan fingerprint density at radius 2 is 1.92 bits per heavy atom. The summed E-state index contributed by atoms with van der Waals surface area (Å²) in [4.78, 5) is 46.4. The lowest BCUT2D eigenvalue weighted by atomic mass is 10.2. The number of thiazole rings is 1. The van der Waals surface area contributed by atoms with Gasteiger partial charge in [-0.3, -0.25) is 9.59 Å². The van der Waals surface area contributed by atoms with Crippen LogP contribution in [0.2, 0.25) is 15.1 Å². The van der Waals surface area contributed by atoms with Gasteiger partial charge < -0.3 is 25.6 Å². The number of carbonyl (C=O) groups is 3. The molecule has 3 heterocycles. The minimum atomic E-state index is -1.12. The number of hydrogen-bond acceptors (Lipinski definition) is 6. The summed E-state index contributed by atoms with van der Waals surface area (Å²) in [6, 6.07) is 7.13. The molecule has 13 heteroatoms. The lowest BCUT2D eigenvalue weighted by Gasteiger charge is -2.19. The van der Waals surface area contributed by atoms with Crippen molar-refractivity contribution in [1.29, 1.82) is 0 Å². The number of aromatic amines is 1. The van der Waals surface area contributed by atoms with Crippen molar-refractivity contribution in [3.63, 3.8) is 0 Å². The Morgan fingerprint density at radius 1 is 1.19 bits per heavy atom. The van der Waals surface area contributed by atoms with Gasteiger partial charge in [-0.1, -0.05) is 58.3 Å². The quantitative estimate of drug-likeness (QED) is 0.316. The molecule has 1 aromatic carbocycles. The van der Waals surface area contributed by atoms with Crippen molar-refractivity contribution < 1.29 is 19.5 Å². The van der Waals surface area contributed by atoms with E-state index in [0.29, 0.717) is 34.0 Å². The van der Waals surface area contributed by atoms with Gasteiger partial charge in [0, 0.05) is 48.2 Å². The predicted molar refractivity (Wildman–Crippen MR) is 142 cm³/mol. The highest BCUT2D eigenvalue weighted by molar-refractivity contribution is 7.17. The van der Waals surface area contributed by atoms with Crippen LogP contribution in [0.4, 0.5) is 5.13 Å². The third-order valence-corrected chi connectivity index (χ3v) is 8.96. The van der Waals surface area contributed by atoms with E-state index >= 15 is 0 Å². The number of aryl methyl sites for hydroxylation is 1. The summed E-state index contributed by atoms with van der Waals surface area (Å²) in [6.45, 7) is 3.27. The fourth-order valence-electron chi connectivity index (χ4n) is 4.67. The summed E-state index contributed by atoms with van der Waals surface area (Å²) in [7, 11) is 0. The molecule has 2 aromatic heterocycles. The SMILES string of the molecule is Cc1[nH]c(C(=O)N[C@@H]2[C@@H]3CN(c4nc(CC(=O)NCc5cccc(Cl)c5)c(C(=O)O)s4)C[C@@H]32)c(Cl)c1Cl. The lowest BCUT2D eigenvalue weighted by molar-refractivity contribution is -0.120. The number of aromatic carboxylic acids is 1. The number of carbonyl (C=O) groups excluding carboxylic acids is 2. The van der Waals surface area contributed by atoms with Gasteiger partial charge in [-0.05, 0) is 24.6 Å². The Labute approximate surface area is 231 Å². The van der Waals surface area contributed by atoms with Gasteiger partial charge >= 0.3 is 5.97 Å². The predicted octanol–water partition coefficient (Wildman–Crippen LogP) is 4.16. The maximum Gasteiger partial charge on any atom is 0.347 e. The molecular formula is C24H22Cl3N5O4S. The molecule has 5 rings (SSSR count). The molecule has 0 unspecified atom stereocenters. The third-order valence-electron chi connectivity index (χ3n) is 6.63. The van der Waals surface area contributed by atoms with Gasteiger partial charge in [-0.15, -0.1) is 0 Å². The molecule has 37 heavy (non-hydrogen) atoms. The molecule has 0 radical (unpaired) electrons. The summed E-state index contributed by atoms with van der Waals surface area (Å²) in [5, 5.41) is 17.1. The molecule has 1 saturated carbocycles. The Bertz CT molecular complexity index is 1390. The van der Waals surface area contributed by atoms with Crippen LogP contribution >= 0.6 is 46.1 Å². The van der Waals surface area contributed by atoms with Crippen molar-refractivity contribution in [2.45, 2.75) is 25.9 Å². The number of anilines is 1. The Morgan fingerprint density at radius 3 is 2.54 bits per heavy atom. The maximum absolute atomic E-state index is 12.6. The van der Waals surface area contributed by atoms with E-state index in [0.717, 1.165) is 16.9 Å². The second-order valence-corrected chi connectivity index (χ2v) is 11.3. The first kappa shape index (κ1) is 25.8. The zero-order chi connectivity index (χ0) is 26.4. The van der Waals surface area contributed by atoms with E-state index < -0.39 is 5.97 Å². The van der Waals surface area contributed by atoms with Crippen LogP contribution < -0.4 is 15.5 Å². The van der Waals surface area contributed by atoms with Crippen LogP contribution in [0.1, 0.15) is 37.1 Å². The highest BCUT2D eigenvalue weighted by Crippen LogP contribution is 2.48. The first-order valence-corrected chi connectivity index (χ1v) is 13.4. The molecule has 0 bridgehead atoms. The monoisotopic (exact) mass is 581 g/mol. The van der Waals surface area contributed by atoms with E-state index in [-0.39, 0.29) is 63.9 Å². The first-order chi connectivity index (χ1) is 17.6. The highest BCUT2D eigenvalue weighted by atomic mass is 35.5. The molecule has 0 spiro atoms. The summed E-state index contributed by atoms with van der Waals surface area (Å²) < 4.78 is 0. The highest BCUT2D eigenvalue weighted by Gasteiger charge is 2.57. The number of carboxylic acids is 1. The number of rotatable bonds is 8. The van der Waals surface area contributed by atoms with E-state index in [1.165, 1.54) is 0 Å². The molecule has 9 nitrogen and oxygen atoms in total. The van der Waals surface area contributed by atoms with Crippen molar-refractivity contribution in [2.75, 3.05) is 18.0 Å². The average Bonchev–Trinajstić information content (AvgIpc) is 3.21. The van der Waals surface area contributed by atoms with E-state index in [9.17, 15) is 19.5 Å². The Hall–Kier alpha value is -2.79. The number of aromatic nitrogens is 2. The number of hydrogen-bond donors (Lipinski definition) is 4. The standard InChI is InChI=1S/C24H22Cl3N5O4S/c1-10-17(26)18(27)20(29-10)22(34)31-19-13-8-32(9-14(13)19)24-30-15(21(37-24)23(35)36)6-16(33)28-7-11-3-2-4-12(25)5-11/h2-5,13-14,19,29H,6-9H2,1H3,(H,28,33)(H,31,34)(H,35,36)/t13-,14+,19-. The van der Waals surface area contributed by atoms with Crippen LogP contribution in [0, 0.1) is 18.8 Å². The number of halogens is 3. The van der Waals surface area contributed by atoms with Crippen LogP contribution in [0.15, 0.2) is 24.3 Å². The molecule has 1 aliphatic heterocycles. The zero-order valence-electron chi connectivity index (χ0n) is 19.5. The number of carboxylic acid groups (broad SMARTS) is 1. The zero-order valence-corrected chi connectivity index (χ0v) is 22.6. The van der Waals surface area contributed by atoms with Crippen LogP contribution in [0.5, 0.6) is 0 Å². The largest absolute Gasteiger partial charge is 0.477 e. The second-order valence-electron chi connectivity index (χ2n) is 9.15. The summed E-state index contributed by atoms with van der Waals surface area (Å²) in [6.07, 6.45) is -0.142. The van der Waals surface area contributed by atoms with Gasteiger partial charge in [-0.2, -0.15) is 0 Å². The van der Waals surface area contributed by atoms with Crippen LogP contribution in [-0.4, -0.2) is 52.0 Å². The van der Waals surface area contributed by atoms with Crippen molar-refractivity contribution in [3.8, 4) is 0 Å². The minimum absolute atomic E-state index is 0.00200. The Balaban J connectivity index is 1.18. The Kier molecular flexibility index (Phi) is 7.10. The van der Waals surface area contributed by atoms with Crippen molar-refractivity contribution in [2.24, 2.45) is 11.8 Å². The van der Waals surface area contributed by atoms with Gasteiger partial charge in [-0.25, -0.2) is 9.78 Å². The van der Waals surface area contributed by atoms with Gasteiger partial charge in [0.25, 0.3) is 5.91 Å². The smallest absolute Gasteiger partial charge is 0.347 e. The van der Waals surface area contributed by atoms with Gasteiger partial charge in [0.1, 0.15) is 10.6 Å². The van der Waals surface area contributed by atoms with E-state index in [2.05, 4.69) is 20.6 Å². The van der Waals surface area contributed by atoms with Gasteiger partial charge in [0.15, 0.2) is 5.13 Å². The van der Waals surface area contributed by atoms with Crippen LogP contribution in [-0.2, 0) is 17.8 Å². The fourth-order valence-corrected chi connectivity index (χ4v) is 6.24. The van der Waals surface area contributed by atoms with Crippen molar-refractivity contribution in [1.82, 2.24) is 20.6 Å². The average molecular weight is 583 g/mol. The number of nitrogens with one attached hydrogen (secondary N) is 3. The number of H-pyrrole nitrogens is 1. The molecule has 1 aliphatic carbocycles. The molecule has 2 amide bonds. The third kappa shape index (κ3) is 5.29. The molecule has 4 N–H and O–H groups in total. The van der Waals surface area contributed by atoms with Gasteiger partial charge in [0.05, 0.1) is 22.2 Å². The molecule has 194 valence electrons. The summed E-state index contributed by atoms with van der Waals surface area (Å²) in [5.41, 5.74) is 1.95. The van der Waals surface area contributed by atoms with E-state index in [1.54, 1.807) is 25.1 Å². The fraction of sp³-hybridized carbons (Fsp3) is 0.333. The number of piperidine rings is 1. The number of fused-ring (bicyclic) bond motifs is 1. The van der Waals surface area contributed by atoms with E-state index in [1.807, 2.05) is 11.0 Å². The van der Waals surface area contributed by atoms with Crippen LogP contribution in [0.25, 0.3) is 0 Å². The first-order valence-electron chi connectivity index (χ1n) is 11.5. The van der Waals surface area contributed by atoms with E-state index in [4.69, 9.17) is 34.8 Å².